The first kappa shape index (κ1) is 19.7. The number of carbonyl (C=O) groups is 1. The lowest BCUT2D eigenvalue weighted by Crippen LogP contribution is -2.45. The maximum absolute atomic E-state index is 13.2. The minimum absolute atomic E-state index is 0. The Hall–Kier alpha value is -1.34. The molecule has 1 aliphatic heterocycles. The first-order valence-corrected chi connectivity index (χ1v) is 7.07. The van der Waals surface area contributed by atoms with Crippen molar-refractivity contribution in [1.29, 1.82) is 0 Å². The van der Waals surface area contributed by atoms with Gasteiger partial charge in [0.2, 0.25) is 0 Å². The van der Waals surface area contributed by atoms with E-state index in [9.17, 15) is 22.4 Å². The third kappa shape index (κ3) is 5.07. The fourth-order valence-corrected chi connectivity index (χ4v) is 2.55. The molecule has 0 aromatic heterocycles. The van der Waals surface area contributed by atoms with Crippen molar-refractivity contribution in [3.63, 3.8) is 0 Å². The number of carbonyl (C=O) groups excluding carboxylic acids is 1. The Kier molecular flexibility index (Phi) is 6.41. The molecule has 0 bridgehead atoms. The van der Waals surface area contributed by atoms with E-state index in [4.69, 9.17) is 0 Å². The molecule has 130 valence electrons. The van der Waals surface area contributed by atoms with Gasteiger partial charge in [-0.3, -0.25) is 4.79 Å². The molecule has 0 saturated carbocycles. The summed E-state index contributed by atoms with van der Waals surface area (Å²) in [4.78, 5) is 12.0. The number of amides is 1. The number of piperidine rings is 1. The molecule has 1 saturated heterocycles. The van der Waals surface area contributed by atoms with E-state index < -0.39 is 23.5 Å². The highest BCUT2D eigenvalue weighted by atomic mass is 35.5. The van der Waals surface area contributed by atoms with E-state index in [0.29, 0.717) is 18.7 Å². The first-order valence-electron chi connectivity index (χ1n) is 7.07. The Labute approximate surface area is 138 Å². The molecule has 1 aliphatic rings. The zero-order valence-corrected chi connectivity index (χ0v) is 13.4. The van der Waals surface area contributed by atoms with E-state index in [0.717, 1.165) is 32.0 Å². The maximum Gasteiger partial charge on any atom is 0.419 e. The quantitative estimate of drug-likeness (QED) is 0.817. The molecule has 0 spiro atoms. The molecule has 1 heterocycles. The van der Waals surface area contributed by atoms with Crippen LogP contribution in [0.5, 0.6) is 0 Å². The zero-order valence-electron chi connectivity index (χ0n) is 12.6. The number of halogens is 5. The van der Waals surface area contributed by atoms with E-state index in [1.54, 1.807) is 0 Å². The van der Waals surface area contributed by atoms with Crippen LogP contribution >= 0.6 is 12.4 Å². The zero-order chi connectivity index (χ0) is 16.4. The third-order valence-electron chi connectivity index (χ3n) is 3.90. The molecule has 1 amide bonds. The van der Waals surface area contributed by atoms with Gasteiger partial charge in [-0.15, -0.1) is 12.4 Å². The summed E-state index contributed by atoms with van der Waals surface area (Å²) in [6.45, 7) is 4.03. The number of rotatable bonds is 3. The van der Waals surface area contributed by atoms with Crippen molar-refractivity contribution in [2.24, 2.45) is 5.41 Å². The van der Waals surface area contributed by atoms with Gasteiger partial charge in [0.25, 0.3) is 5.91 Å². The summed E-state index contributed by atoms with van der Waals surface area (Å²) in [6.07, 6.45) is -2.90. The molecule has 1 unspecified atom stereocenters. The first-order chi connectivity index (χ1) is 10.2. The summed E-state index contributed by atoms with van der Waals surface area (Å²) in [5.74, 6) is -2.01. The minimum atomic E-state index is -4.82. The SMILES string of the molecule is CC1(CNC(=O)c2ccc(F)c(C(F)(F)F)c2)CCCNC1.Cl. The van der Waals surface area contributed by atoms with Crippen LogP contribution in [0.15, 0.2) is 18.2 Å². The van der Waals surface area contributed by atoms with Gasteiger partial charge in [0.1, 0.15) is 5.82 Å². The van der Waals surface area contributed by atoms with Crippen LogP contribution in [0, 0.1) is 11.2 Å². The summed E-state index contributed by atoms with van der Waals surface area (Å²) in [7, 11) is 0. The molecule has 1 atom stereocenters. The fourth-order valence-electron chi connectivity index (χ4n) is 2.55. The van der Waals surface area contributed by atoms with E-state index >= 15 is 0 Å². The Morgan fingerprint density at radius 3 is 2.65 bits per heavy atom. The number of benzene rings is 1. The van der Waals surface area contributed by atoms with Gasteiger partial charge < -0.3 is 10.6 Å². The second-order valence-electron chi connectivity index (χ2n) is 5.97. The second-order valence-corrected chi connectivity index (χ2v) is 5.97. The van der Waals surface area contributed by atoms with Crippen LogP contribution in [0.25, 0.3) is 0 Å². The molecule has 3 nitrogen and oxygen atoms in total. The van der Waals surface area contributed by atoms with Crippen LogP contribution in [0.3, 0.4) is 0 Å². The van der Waals surface area contributed by atoms with E-state index in [1.807, 2.05) is 6.92 Å². The summed E-state index contributed by atoms with van der Waals surface area (Å²) in [5, 5.41) is 5.86. The third-order valence-corrected chi connectivity index (χ3v) is 3.90. The lowest BCUT2D eigenvalue weighted by Gasteiger charge is -2.34. The standard InChI is InChI=1S/C15H18F4N2O.ClH/c1-14(5-2-6-20-8-14)9-21-13(22)10-3-4-12(16)11(7-10)15(17,18)19;/h3-4,7,20H,2,5-6,8-9H2,1H3,(H,21,22);1H. The van der Waals surface area contributed by atoms with Crippen LogP contribution in [0.2, 0.25) is 0 Å². The molecule has 0 aliphatic carbocycles. The predicted octanol–water partition coefficient (Wildman–Crippen LogP) is 3.39. The van der Waals surface area contributed by atoms with Gasteiger partial charge >= 0.3 is 6.18 Å². The number of alkyl halides is 3. The van der Waals surface area contributed by atoms with Crippen LogP contribution < -0.4 is 10.6 Å². The molecule has 1 aromatic rings. The number of hydrogen-bond acceptors (Lipinski definition) is 2. The van der Waals surface area contributed by atoms with Crippen molar-refractivity contribution < 1.29 is 22.4 Å². The van der Waals surface area contributed by atoms with Crippen molar-refractivity contribution >= 4 is 18.3 Å². The molecule has 23 heavy (non-hydrogen) atoms. The van der Waals surface area contributed by atoms with Crippen LogP contribution in [-0.2, 0) is 6.18 Å². The molecule has 8 heteroatoms. The van der Waals surface area contributed by atoms with Gasteiger partial charge in [-0.2, -0.15) is 13.2 Å². The van der Waals surface area contributed by atoms with Crippen molar-refractivity contribution in [3.05, 3.63) is 35.1 Å². The van der Waals surface area contributed by atoms with Crippen LogP contribution in [0.1, 0.15) is 35.7 Å². The van der Waals surface area contributed by atoms with Gasteiger partial charge in [-0.05, 0) is 43.0 Å². The highest BCUT2D eigenvalue weighted by Crippen LogP contribution is 2.32. The Morgan fingerprint density at radius 2 is 2.09 bits per heavy atom. The average molecular weight is 355 g/mol. The lowest BCUT2D eigenvalue weighted by molar-refractivity contribution is -0.140. The topological polar surface area (TPSA) is 41.1 Å². The van der Waals surface area contributed by atoms with Gasteiger partial charge in [-0.25, -0.2) is 4.39 Å². The Balaban J connectivity index is 0.00000264. The minimum Gasteiger partial charge on any atom is -0.351 e. The largest absolute Gasteiger partial charge is 0.419 e. The lowest BCUT2D eigenvalue weighted by atomic mass is 9.83. The molecule has 2 N–H and O–H groups in total. The fraction of sp³-hybridized carbons (Fsp3) is 0.533. The van der Waals surface area contributed by atoms with Gasteiger partial charge in [0.15, 0.2) is 0 Å². The summed E-state index contributed by atoms with van der Waals surface area (Å²) >= 11 is 0. The predicted molar refractivity (Wildman–Crippen MR) is 81.2 cm³/mol. The van der Waals surface area contributed by atoms with Crippen molar-refractivity contribution in [3.8, 4) is 0 Å². The monoisotopic (exact) mass is 354 g/mol. The average Bonchev–Trinajstić information content (AvgIpc) is 2.45. The normalized spacial score (nSPS) is 21.4. The Bertz CT molecular complexity index is 557. The summed E-state index contributed by atoms with van der Waals surface area (Å²) in [6, 6.07) is 2.27. The van der Waals surface area contributed by atoms with E-state index in [-0.39, 0.29) is 23.4 Å². The number of hydrogen-bond donors (Lipinski definition) is 2. The van der Waals surface area contributed by atoms with Gasteiger partial charge in [0, 0.05) is 18.7 Å². The van der Waals surface area contributed by atoms with E-state index in [1.165, 1.54) is 0 Å². The molecule has 2 rings (SSSR count). The molecular weight excluding hydrogens is 336 g/mol. The second kappa shape index (κ2) is 7.49. The van der Waals surface area contributed by atoms with Gasteiger partial charge in [-0.1, -0.05) is 6.92 Å². The number of nitrogens with one attached hydrogen (secondary N) is 2. The van der Waals surface area contributed by atoms with Crippen LogP contribution in [-0.4, -0.2) is 25.5 Å². The molecule has 0 radical (unpaired) electrons. The smallest absolute Gasteiger partial charge is 0.351 e. The van der Waals surface area contributed by atoms with E-state index in [2.05, 4.69) is 10.6 Å². The highest BCUT2D eigenvalue weighted by molar-refractivity contribution is 5.94. The summed E-state index contributed by atoms with van der Waals surface area (Å²) < 4.78 is 51.2. The van der Waals surface area contributed by atoms with Crippen molar-refractivity contribution in [2.75, 3.05) is 19.6 Å². The summed E-state index contributed by atoms with van der Waals surface area (Å²) in [5.41, 5.74) is -1.74. The molecule has 1 fully saturated rings. The van der Waals surface area contributed by atoms with Crippen LogP contribution in [0.4, 0.5) is 17.6 Å². The van der Waals surface area contributed by atoms with Crippen molar-refractivity contribution in [1.82, 2.24) is 10.6 Å². The Morgan fingerprint density at radius 1 is 1.39 bits per heavy atom. The maximum atomic E-state index is 13.2. The highest BCUT2D eigenvalue weighted by Gasteiger charge is 2.35. The van der Waals surface area contributed by atoms with Gasteiger partial charge in [0.05, 0.1) is 5.56 Å². The van der Waals surface area contributed by atoms with Crippen molar-refractivity contribution in [2.45, 2.75) is 25.9 Å². The molecular formula is C15H19ClF4N2O. The molecule has 1 aromatic carbocycles.